The van der Waals surface area contributed by atoms with Gasteiger partial charge in [0.05, 0.1) is 12.2 Å². The van der Waals surface area contributed by atoms with Crippen LogP contribution in [0.3, 0.4) is 0 Å². The minimum Gasteiger partial charge on any atom is -0.493 e. The first-order chi connectivity index (χ1) is 7.36. The molecule has 1 rings (SSSR count). The van der Waals surface area contributed by atoms with Crippen molar-refractivity contribution in [2.75, 3.05) is 6.61 Å². The Morgan fingerprint density at radius 1 is 1.44 bits per heavy atom. The Labute approximate surface area is 89.5 Å². The third-order valence-corrected chi connectivity index (χ3v) is 1.84. The second-order valence-electron chi connectivity index (χ2n) is 2.95. The third kappa shape index (κ3) is 2.65. The van der Waals surface area contributed by atoms with Crippen molar-refractivity contribution in [3.63, 3.8) is 0 Å². The van der Waals surface area contributed by atoms with Crippen molar-refractivity contribution in [3.05, 3.63) is 29.3 Å². The molecule has 0 saturated carbocycles. The van der Waals surface area contributed by atoms with E-state index in [9.17, 15) is 18.0 Å². The Hall–Kier alpha value is -1.72. The molecule has 0 unspecified atom stereocenters. The van der Waals surface area contributed by atoms with E-state index in [-0.39, 0.29) is 12.4 Å². The fraction of sp³-hybridized carbons (Fsp3) is 0.300. The van der Waals surface area contributed by atoms with Crippen LogP contribution in [0.2, 0.25) is 0 Å². The summed E-state index contributed by atoms with van der Waals surface area (Å²) in [4.78, 5) is 10.7. The van der Waals surface area contributed by atoms with Crippen LogP contribution in [-0.2, 0) is 6.18 Å². The molecule has 6 heteroatoms. The van der Waals surface area contributed by atoms with Crippen LogP contribution in [0, 0.1) is 0 Å². The van der Waals surface area contributed by atoms with Gasteiger partial charge in [-0.15, -0.1) is 0 Å². The summed E-state index contributed by atoms with van der Waals surface area (Å²) in [6, 6.07) is 2.36. The second-order valence-corrected chi connectivity index (χ2v) is 2.95. The molecule has 1 aromatic carbocycles. The summed E-state index contributed by atoms with van der Waals surface area (Å²) in [5.41, 5.74) is -1.50. The van der Waals surface area contributed by atoms with Crippen molar-refractivity contribution in [3.8, 4) is 5.75 Å². The summed E-state index contributed by atoms with van der Waals surface area (Å²) in [5, 5.41) is 8.74. The van der Waals surface area contributed by atoms with Crippen LogP contribution >= 0.6 is 0 Å². The van der Waals surface area contributed by atoms with E-state index in [1.807, 2.05) is 0 Å². The summed E-state index contributed by atoms with van der Waals surface area (Å²) >= 11 is 0. The van der Waals surface area contributed by atoms with E-state index < -0.39 is 23.3 Å². The van der Waals surface area contributed by atoms with E-state index >= 15 is 0 Å². The van der Waals surface area contributed by atoms with Crippen LogP contribution in [0.5, 0.6) is 5.75 Å². The molecule has 0 aliphatic heterocycles. The van der Waals surface area contributed by atoms with Crippen molar-refractivity contribution in [1.82, 2.24) is 0 Å². The quantitative estimate of drug-likeness (QED) is 0.874. The highest BCUT2D eigenvalue weighted by molar-refractivity contribution is 5.91. The number of aromatic carboxylic acids is 1. The van der Waals surface area contributed by atoms with Gasteiger partial charge < -0.3 is 9.84 Å². The molecule has 0 bridgehead atoms. The normalized spacial score (nSPS) is 11.2. The third-order valence-electron chi connectivity index (χ3n) is 1.84. The molecule has 0 heterocycles. The molecule has 16 heavy (non-hydrogen) atoms. The van der Waals surface area contributed by atoms with Gasteiger partial charge in [0.2, 0.25) is 0 Å². The zero-order chi connectivity index (χ0) is 12.3. The minimum absolute atomic E-state index is 0.0667. The van der Waals surface area contributed by atoms with Gasteiger partial charge in [-0.05, 0) is 25.1 Å². The molecular weight excluding hydrogens is 225 g/mol. The lowest BCUT2D eigenvalue weighted by atomic mass is 10.1. The summed E-state index contributed by atoms with van der Waals surface area (Å²) < 4.78 is 41.9. The number of halogens is 3. The lowest BCUT2D eigenvalue weighted by molar-refractivity contribution is -0.137. The first kappa shape index (κ1) is 12.4. The first-order valence-corrected chi connectivity index (χ1v) is 4.43. The van der Waals surface area contributed by atoms with Crippen LogP contribution in [0.1, 0.15) is 22.8 Å². The molecule has 0 radical (unpaired) electrons. The van der Waals surface area contributed by atoms with Crippen LogP contribution in [0.15, 0.2) is 18.2 Å². The van der Waals surface area contributed by atoms with Gasteiger partial charge in [-0.2, -0.15) is 13.2 Å². The van der Waals surface area contributed by atoms with Crippen molar-refractivity contribution >= 4 is 5.97 Å². The predicted octanol–water partition coefficient (Wildman–Crippen LogP) is 2.80. The first-order valence-electron chi connectivity index (χ1n) is 4.43. The van der Waals surface area contributed by atoms with Gasteiger partial charge in [0, 0.05) is 0 Å². The van der Waals surface area contributed by atoms with Gasteiger partial charge in [0.1, 0.15) is 11.3 Å². The summed E-state index contributed by atoms with van der Waals surface area (Å²) in [7, 11) is 0. The summed E-state index contributed by atoms with van der Waals surface area (Å²) in [6.07, 6.45) is -4.56. The molecule has 0 spiro atoms. The monoisotopic (exact) mass is 234 g/mol. The topological polar surface area (TPSA) is 46.5 Å². The SMILES string of the molecule is CCOc1ccc(C(F)(F)F)cc1C(=O)O. The zero-order valence-corrected chi connectivity index (χ0v) is 8.34. The fourth-order valence-corrected chi connectivity index (χ4v) is 1.15. The van der Waals surface area contributed by atoms with Crippen molar-refractivity contribution in [2.24, 2.45) is 0 Å². The highest BCUT2D eigenvalue weighted by Crippen LogP contribution is 2.32. The molecular formula is C10H9F3O3. The molecule has 0 fully saturated rings. The van der Waals surface area contributed by atoms with Gasteiger partial charge in [0.25, 0.3) is 0 Å². The van der Waals surface area contributed by atoms with Gasteiger partial charge in [-0.1, -0.05) is 0 Å². The maximum Gasteiger partial charge on any atom is 0.416 e. The van der Waals surface area contributed by atoms with Crippen molar-refractivity contribution in [2.45, 2.75) is 13.1 Å². The molecule has 0 atom stereocenters. The Bertz CT molecular complexity index is 399. The number of hydrogen-bond acceptors (Lipinski definition) is 2. The molecule has 0 aliphatic rings. The molecule has 0 amide bonds. The zero-order valence-electron chi connectivity index (χ0n) is 8.34. The average Bonchev–Trinajstić information content (AvgIpc) is 2.16. The highest BCUT2D eigenvalue weighted by atomic mass is 19.4. The van der Waals surface area contributed by atoms with E-state index in [1.165, 1.54) is 0 Å². The van der Waals surface area contributed by atoms with E-state index in [2.05, 4.69) is 0 Å². The Morgan fingerprint density at radius 3 is 2.50 bits per heavy atom. The van der Waals surface area contributed by atoms with Gasteiger partial charge in [0.15, 0.2) is 0 Å². The van der Waals surface area contributed by atoms with Crippen LogP contribution in [0.25, 0.3) is 0 Å². The van der Waals surface area contributed by atoms with Crippen LogP contribution in [0.4, 0.5) is 13.2 Å². The molecule has 3 nitrogen and oxygen atoms in total. The number of ether oxygens (including phenoxy) is 1. The van der Waals surface area contributed by atoms with Gasteiger partial charge in [-0.25, -0.2) is 4.79 Å². The predicted molar refractivity (Wildman–Crippen MR) is 49.6 cm³/mol. The Morgan fingerprint density at radius 2 is 2.06 bits per heavy atom. The standard InChI is InChI=1S/C10H9F3O3/c1-2-16-8-4-3-6(10(11,12)13)5-7(8)9(14)15/h3-5H,2H2,1H3,(H,14,15). The van der Waals surface area contributed by atoms with Crippen LogP contribution < -0.4 is 4.74 Å². The largest absolute Gasteiger partial charge is 0.493 e. The fourth-order valence-electron chi connectivity index (χ4n) is 1.15. The van der Waals surface area contributed by atoms with Crippen molar-refractivity contribution in [1.29, 1.82) is 0 Å². The van der Waals surface area contributed by atoms with Crippen LogP contribution in [-0.4, -0.2) is 17.7 Å². The number of carbonyl (C=O) groups is 1. The van der Waals surface area contributed by atoms with E-state index in [4.69, 9.17) is 9.84 Å². The smallest absolute Gasteiger partial charge is 0.416 e. The molecule has 1 N–H and O–H groups in total. The summed E-state index contributed by atoms with van der Waals surface area (Å²) in [5.74, 6) is -1.52. The number of carboxylic acid groups (broad SMARTS) is 1. The van der Waals surface area contributed by atoms with E-state index in [0.29, 0.717) is 6.07 Å². The number of rotatable bonds is 3. The Kier molecular flexibility index (Phi) is 3.41. The Balaban J connectivity index is 3.23. The molecule has 1 aromatic rings. The van der Waals surface area contributed by atoms with E-state index in [0.717, 1.165) is 12.1 Å². The minimum atomic E-state index is -4.56. The lowest BCUT2D eigenvalue weighted by Crippen LogP contribution is -2.09. The number of alkyl halides is 3. The van der Waals surface area contributed by atoms with E-state index in [1.54, 1.807) is 6.92 Å². The number of carboxylic acids is 1. The summed E-state index contributed by atoms with van der Waals surface area (Å²) in [6.45, 7) is 1.80. The molecule has 88 valence electrons. The molecule has 0 aromatic heterocycles. The maximum absolute atomic E-state index is 12.3. The second kappa shape index (κ2) is 4.42. The number of benzene rings is 1. The average molecular weight is 234 g/mol. The van der Waals surface area contributed by atoms with Crippen molar-refractivity contribution < 1.29 is 27.8 Å². The highest BCUT2D eigenvalue weighted by Gasteiger charge is 2.32. The lowest BCUT2D eigenvalue weighted by Gasteiger charge is -2.11. The molecule has 0 saturated heterocycles. The van der Waals surface area contributed by atoms with Gasteiger partial charge >= 0.3 is 12.1 Å². The maximum atomic E-state index is 12.3. The molecule has 0 aliphatic carbocycles. The number of hydrogen-bond donors (Lipinski definition) is 1. The van der Waals surface area contributed by atoms with Gasteiger partial charge in [-0.3, -0.25) is 0 Å².